The molecule has 0 radical (unpaired) electrons. The van der Waals surface area contributed by atoms with E-state index in [0.29, 0.717) is 0 Å². The van der Waals surface area contributed by atoms with Gasteiger partial charge in [0, 0.05) is 23.0 Å². The Bertz CT molecular complexity index is 434. The zero-order valence-corrected chi connectivity index (χ0v) is 9.31. The summed E-state index contributed by atoms with van der Waals surface area (Å²) >= 11 is 5.70. The molecule has 3 N–H and O–H groups in total. The summed E-state index contributed by atoms with van der Waals surface area (Å²) in [5, 5.41) is 10.4. The Hall–Kier alpha value is -1.27. The Morgan fingerprint density at radius 1 is 1.47 bits per heavy atom. The maximum Gasteiger partial charge on any atom is 0.416 e. The molecule has 3 nitrogen and oxygen atoms in total. The highest BCUT2D eigenvalue weighted by atomic mass is 35.5. The molecular weight excluding hydrogens is 259 g/mol. The Labute approximate surface area is 100.0 Å². The number of hydrogen-bond acceptors (Lipinski definition) is 2. The Morgan fingerprint density at radius 2 is 2.06 bits per heavy atom. The van der Waals surface area contributed by atoms with Crippen LogP contribution in [0.1, 0.15) is 23.6 Å². The highest BCUT2D eigenvalue weighted by Crippen LogP contribution is 2.33. The van der Waals surface area contributed by atoms with E-state index in [2.05, 4.69) is 5.73 Å². The number of benzene rings is 1. The van der Waals surface area contributed by atoms with Crippen molar-refractivity contribution in [2.24, 2.45) is 0 Å². The highest BCUT2D eigenvalue weighted by Gasteiger charge is 2.31. The molecule has 0 aliphatic heterocycles. The number of carbonyl (C=O) groups excluding carboxylic acids is 1. The van der Waals surface area contributed by atoms with Gasteiger partial charge in [0.1, 0.15) is 6.04 Å². The van der Waals surface area contributed by atoms with E-state index in [4.69, 9.17) is 11.6 Å². The third-order valence-corrected chi connectivity index (χ3v) is 2.52. The Morgan fingerprint density at radius 3 is 2.53 bits per heavy atom. The molecular formula is C10H9ClF3NO2. The van der Waals surface area contributed by atoms with Gasteiger partial charge in [-0.05, 0) is 18.2 Å². The number of aliphatic carboxylic acids is 1. The first kappa shape index (κ1) is 13.8. The van der Waals surface area contributed by atoms with Gasteiger partial charge in [-0.2, -0.15) is 13.2 Å². The first-order chi connectivity index (χ1) is 7.71. The van der Waals surface area contributed by atoms with E-state index >= 15 is 0 Å². The average molecular weight is 268 g/mol. The molecule has 0 fully saturated rings. The normalized spacial score (nSPS) is 13.5. The molecule has 1 aromatic carbocycles. The molecule has 1 rings (SSSR count). The van der Waals surface area contributed by atoms with E-state index in [-0.39, 0.29) is 10.6 Å². The van der Waals surface area contributed by atoms with Crippen LogP contribution in [0.5, 0.6) is 0 Å². The smallest absolute Gasteiger partial charge is 0.416 e. The van der Waals surface area contributed by atoms with Crippen LogP contribution in [-0.2, 0) is 11.0 Å². The van der Waals surface area contributed by atoms with Gasteiger partial charge in [-0.15, -0.1) is 0 Å². The quantitative estimate of drug-likeness (QED) is 0.879. The SMILES string of the molecule is [NH3+][C@H](CC(=O)[O-])c1cc(C(F)(F)F)ccc1Cl. The van der Waals surface area contributed by atoms with E-state index in [0.717, 1.165) is 18.2 Å². The van der Waals surface area contributed by atoms with Crippen molar-refractivity contribution in [3.05, 3.63) is 34.3 Å². The number of carboxylic acid groups (broad SMARTS) is 1. The summed E-state index contributed by atoms with van der Waals surface area (Å²) in [7, 11) is 0. The van der Waals surface area contributed by atoms with Crippen LogP contribution in [0.2, 0.25) is 5.02 Å². The topological polar surface area (TPSA) is 67.8 Å². The number of halogens is 4. The zero-order valence-electron chi connectivity index (χ0n) is 8.55. The van der Waals surface area contributed by atoms with Crippen molar-refractivity contribution in [1.82, 2.24) is 0 Å². The van der Waals surface area contributed by atoms with E-state index < -0.39 is 30.2 Å². The summed E-state index contributed by atoms with van der Waals surface area (Å²) in [6.45, 7) is 0. The largest absolute Gasteiger partial charge is 0.550 e. The van der Waals surface area contributed by atoms with Crippen molar-refractivity contribution in [2.75, 3.05) is 0 Å². The van der Waals surface area contributed by atoms with E-state index in [9.17, 15) is 23.1 Å². The molecule has 0 saturated heterocycles. The van der Waals surface area contributed by atoms with Crippen LogP contribution < -0.4 is 10.8 Å². The zero-order chi connectivity index (χ0) is 13.2. The van der Waals surface area contributed by atoms with Crippen LogP contribution >= 0.6 is 11.6 Å². The lowest BCUT2D eigenvalue weighted by molar-refractivity contribution is -0.430. The molecule has 0 amide bonds. The van der Waals surface area contributed by atoms with Crippen LogP contribution in [0.15, 0.2) is 18.2 Å². The fourth-order valence-electron chi connectivity index (χ4n) is 1.34. The summed E-state index contributed by atoms with van der Waals surface area (Å²) in [5.74, 6) is -1.39. The molecule has 17 heavy (non-hydrogen) atoms. The van der Waals surface area contributed by atoms with E-state index in [1.165, 1.54) is 0 Å². The molecule has 0 aliphatic rings. The van der Waals surface area contributed by atoms with Crippen molar-refractivity contribution >= 4 is 17.6 Å². The maximum atomic E-state index is 12.4. The molecule has 0 bridgehead atoms. The first-order valence-corrected chi connectivity index (χ1v) is 4.99. The van der Waals surface area contributed by atoms with Gasteiger partial charge in [0.15, 0.2) is 0 Å². The number of alkyl halides is 3. The third-order valence-electron chi connectivity index (χ3n) is 2.18. The minimum Gasteiger partial charge on any atom is -0.550 e. The van der Waals surface area contributed by atoms with E-state index in [1.54, 1.807) is 0 Å². The summed E-state index contributed by atoms with van der Waals surface area (Å²) < 4.78 is 37.3. The Kier molecular flexibility index (Phi) is 4.00. The molecule has 0 aromatic heterocycles. The van der Waals surface area contributed by atoms with Crippen LogP contribution in [0.25, 0.3) is 0 Å². The lowest BCUT2D eigenvalue weighted by atomic mass is 10.0. The predicted molar refractivity (Wildman–Crippen MR) is 51.7 cm³/mol. The van der Waals surface area contributed by atoms with E-state index in [1.807, 2.05) is 0 Å². The average Bonchev–Trinajstić information content (AvgIpc) is 2.15. The fourth-order valence-corrected chi connectivity index (χ4v) is 1.62. The van der Waals surface area contributed by atoms with Gasteiger partial charge in [-0.1, -0.05) is 11.6 Å². The minimum absolute atomic E-state index is 0.0469. The van der Waals surface area contributed by atoms with Gasteiger partial charge in [-0.3, -0.25) is 0 Å². The van der Waals surface area contributed by atoms with Crippen molar-refractivity contribution < 1.29 is 28.8 Å². The molecule has 7 heteroatoms. The second-order valence-electron chi connectivity index (χ2n) is 3.51. The second-order valence-corrected chi connectivity index (χ2v) is 3.91. The second kappa shape index (κ2) is 4.93. The standard InChI is InChI=1S/C10H9ClF3NO2/c11-7-2-1-5(10(12,13)14)3-6(7)8(15)4-9(16)17/h1-3,8H,4,15H2,(H,16,17)/t8-/m1/s1. The molecule has 0 aliphatic carbocycles. The van der Waals surface area contributed by atoms with Gasteiger partial charge in [-0.25, -0.2) is 0 Å². The van der Waals surface area contributed by atoms with Gasteiger partial charge in [0.2, 0.25) is 0 Å². The van der Waals surface area contributed by atoms with Crippen LogP contribution in [-0.4, -0.2) is 5.97 Å². The minimum atomic E-state index is -4.50. The highest BCUT2D eigenvalue weighted by molar-refractivity contribution is 6.31. The molecule has 94 valence electrons. The monoisotopic (exact) mass is 267 g/mol. The molecule has 0 heterocycles. The number of carboxylic acids is 1. The fraction of sp³-hybridized carbons (Fsp3) is 0.300. The summed E-state index contributed by atoms with van der Waals surface area (Å²) in [5.41, 5.74) is 2.62. The lowest BCUT2D eigenvalue weighted by Gasteiger charge is -2.14. The van der Waals surface area contributed by atoms with Crippen LogP contribution in [0, 0.1) is 0 Å². The molecule has 0 spiro atoms. The molecule has 1 atom stereocenters. The lowest BCUT2D eigenvalue weighted by Crippen LogP contribution is -2.55. The summed E-state index contributed by atoms with van der Waals surface area (Å²) in [6, 6.07) is 1.84. The Balaban J connectivity index is 3.10. The van der Waals surface area contributed by atoms with Crippen molar-refractivity contribution in [3.63, 3.8) is 0 Å². The van der Waals surface area contributed by atoms with Gasteiger partial charge in [0.25, 0.3) is 0 Å². The number of carbonyl (C=O) groups is 1. The summed E-state index contributed by atoms with van der Waals surface area (Å²) in [4.78, 5) is 10.4. The van der Waals surface area contributed by atoms with Gasteiger partial charge < -0.3 is 15.6 Å². The predicted octanol–water partition coefficient (Wildman–Crippen LogP) is 0.782. The number of hydrogen-bond donors (Lipinski definition) is 1. The van der Waals surface area contributed by atoms with Gasteiger partial charge >= 0.3 is 6.18 Å². The van der Waals surface area contributed by atoms with Crippen LogP contribution in [0.4, 0.5) is 13.2 Å². The number of quaternary nitrogens is 1. The van der Waals surface area contributed by atoms with Crippen molar-refractivity contribution in [3.8, 4) is 0 Å². The van der Waals surface area contributed by atoms with Crippen molar-refractivity contribution in [1.29, 1.82) is 0 Å². The molecule has 0 unspecified atom stereocenters. The first-order valence-electron chi connectivity index (χ1n) is 4.61. The summed E-state index contributed by atoms with van der Waals surface area (Å²) in [6.07, 6.45) is -4.98. The van der Waals surface area contributed by atoms with Crippen molar-refractivity contribution in [2.45, 2.75) is 18.6 Å². The molecule has 0 saturated carbocycles. The van der Waals surface area contributed by atoms with Crippen LogP contribution in [0.3, 0.4) is 0 Å². The molecule has 1 aromatic rings. The number of rotatable bonds is 3. The maximum absolute atomic E-state index is 12.4. The third kappa shape index (κ3) is 3.61. The van der Waals surface area contributed by atoms with Gasteiger partial charge in [0.05, 0.1) is 5.56 Å².